The van der Waals surface area contributed by atoms with Gasteiger partial charge in [-0.15, -0.1) is 0 Å². The third-order valence-corrected chi connectivity index (χ3v) is 6.09. The third-order valence-electron chi connectivity index (χ3n) is 6.09. The van der Waals surface area contributed by atoms with Crippen LogP contribution < -0.4 is 9.47 Å². The van der Waals surface area contributed by atoms with Crippen molar-refractivity contribution in [2.75, 3.05) is 40.0 Å². The van der Waals surface area contributed by atoms with E-state index in [0.29, 0.717) is 19.6 Å². The minimum absolute atomic E-state index is 0.0402. The van der Waals surface area contributed by atoms with Crippen LogP contribution >= 0.6 is 0 Å². The van der Waals surface area contributed by atoms with Gasteiger partial charge in [0.1, 0.15) is 18.1 Å². The van der Waals surface area contributed by atoms with Crippen molar-refractivity contribution < 1.29 is 19.0 Å². The molecule has 1 atom stereocenters. The molecule has 2 aliphatic rings. The molecule has 166 valence electrons. The fourth-order valence-electron chi connectivity index (χ4n) is 4.17. The second-order valence-electron chi connectivity index (χ2n) is 8.36. The van der Waals surface area contributed by atoms with Crippen LogP contribution in [-0.2, 0) is 29.0 Å². The monoisotopic (exact) mass is 424 g/mol. The minimum atomic E-state index is 0.0402. The van der Waals surface area contributed by atoms with Gasteiger partial charge in [0.25, 0.3) is 0 Å². The van der Waals surface area contributed by atoms with E-state index in [-0.39, 0.29) is 11.9 Å². The highest BCUT2D eigenvalue weighted by Crippen LogP contribution is 2.27. The molecule has 2 aliphatic heterocycles. The Morgan fingerprint density at radius 1 is 1.10 bits per heavy atom. The number of amides is 1. The summed E-state index contributed by atoms with van der Waals surface area (Å²) in [5.74, 6) is 1.89. The Morgan fingerprint density at radius 3 is 2.58 bits per heavy atom. The van der Waals surface area contributed by atoms with Gasteiger partial charge in [0.05, 0.1) is 26.4 Å². The van der Waals surface area contributed by atoms with E-state index in [4.69, 9.17) is 14.2 Å². The fraction of sp³-hybridized carbons (Fsp3) is 0.480. The number of benzene rings is 2. The maximum absolute atomic E-state index is 13.1. The lowest BCUT2D eigenvalue weighted by molar-refractivity contribution is -0.134. The molecule has 6 nitrogen and oxygen atoms in total. The van der Waals surface area contributed by atoms with Gasteiger partial charge in [-0.3, -0.25) is 9.69 Å². The highest BCUT2D eigenvalue weighted by molar-refractivity contribution is 5.77. The van der Waals surface area contributed by atoms with Crippen molar-refractivity contribution in [3.05, 3.63) is 59.2 Å². The summed E-state index contributed by atoms with van der Waals surface area (Å²) in [5, 5.41) is 0. The van der Waals surface area contributed by atoms with Gasteiger partial charge >= 0.3 is 0 Å². The van der Waals surface area contributed by atoms with Crippen molar-refractivity contribution in [2.45, 2.75) is 38.9 Å². The number of methoxy groups -OCH3 is 1. The summed E-state index contributed by atoms with van der Waals surface area (Å²) < 4.78 is 16.7. The highest BCUT2D eigenvalue weighted by Gasteiger charge is 2.26. The first-order valence-electron chi connectivity index (χ1n) is 11.1. The van der Waals surface area contributed by atoms with E-state index in [0.717, 1.165) is 61.9 Å². The number of carbonyl (C=O) groups is 1. The number of aryl methyl sites for hydroxylation is 1. The molecule has 1 unspecified atom stereocenters. The number of morpholine rings is 1. The minimum Gasteiger partial charge on any atom is -0.497 e. The summed E-state index contributed by atoms with van der Waals surface area (Å²) >= 11 is 0. The summed E-state index contributed by atoms with van der Waals surface area (Å²) in [7, 11) is 1.66. The molecule has 2 aromatic carbocycles. The number of hydrogen-bond acceptors (Lipinski definition) is 5. The zero-order valence-corrected chi connectivity index (χ0v) is 18.5. The van der Waals surface area contributed by atoms with Crippen LogP contribution in [0.1, 0.15) is 30.0 Å². The molecule has 0 saturated carbocycles. The van der Waals surface area contributed by atoms with E-state index in [2.05, 4.69) is 30.0 Å². The molecule has 4 rings (SSSR count). The van der Waals surface area contributed by atoms with Crippen molar-refractivity contribution in [3.63, 3.8) is 0 Å². The molecule has 6 heteroatoms. The van der Waals surface area contributed by atoms with Gasteiger partial charge in [-0.05, 0) is 48.7 Å². The van der Waals surface area contributed by atoms with Crippen LogP contribution in [0.15, 0.2) is 42.5 Å². The first kappa shape index (κ1) is 21.7. The molecule has 2 heterocycles. The second-order valence-corrected chi connectivity index (χ2v) is 8.36. The van der Waals surface area contributed by atoms with Gasteiger partial charge in [-0.2, -0.15) is 0 Å². The number of ether oxygens (including phenoxy) is 3. The number of nitrogens with zero attached hydrogens (tertiary/aromatic N) is 2. The standard InChI is InChI=1S/C25H32N2O4/c1-19-18-31-24-9-5-21(16-26-11-13-30-14-12-26)15-22(24)17-27(19)25(28)10-6-20-3-7-23(29-2)8-4-20/h3-5,7-9,15,19H,6,10-14,16-18H2,1-2H3. The summed E-state index contributed by atoms with van der Waals surface area (Å²) in [5.41, 5.74) is 3.48. The molecule has 0 aromatic heterocycles. The maximum Gasteiger partial charge on any atom is 0.223 e. The number of carbonyl (C=O) groups excluding carboxylic acids is 1. The van der Waals surface area contributed by atoms with Crippen LogP contribution in [0.5, 0.6) is 11.5 Å². The predicted octanol–water partition coefficient (Wildman–Crippen LogP) is 3.27. The molecule has 0 N–H and O–H groups in total. The second kappa shape index (κ2) is 10.2. The smallest absolute Gasteiger partial charge is 0.223 e. The van der Waals surface area contributed by atoms with Gasteiger partial charge in [0.2, 0.25) is 5.91 Å². The number of rotatable bonds is 6. The average Bonchev–Trinajstić information content (AvgIpc) is 2.97. The molecule has 0 radical (unpaired) electrons. The van der Waals surface area contributed by atoms with Crippen LogP contribution in [0.25, 0.3) is 0 Å². The van der Waals surface area contributed by atoms with Gasteiger partial charge in [-0.25, -0.2) is 0 Å². The van der Waals surface area contributed by atoms with Gasteiger partial charge in [-0.1, -0.05) is 18.2 Å². The first-order valence-corrected chi connectivity index (χ1v) is 11.1. The largest absolute Gasteiger partial charge is 0.497 e. The van der Waals surface area contributed by atoms with Crippen molar-refractivity contribution >= 4 is 5.91 Å². The van der Waals surface area contributed by atoms with E-state index in [1.165, 1.54) is 5.56 Å². The molecule has 31 heavy (non-hydrogen) atoms. The van der Waals surface area contributed by atoms with Gasteiger partial charge < -0.3 is 19.1 Å². The van der Waals surface area contributed by atoms with Gasteiger partial charge in [0, 0.05) is 38.2 Å². The van der Waals surface area contributed by atoms with Crippen molar-refractivity contribution in [1.82, 2.24) is 9.80 Å². The molecule has 0 spiro atoms. The Kier molecular flexibility index (Phi) is 7.10. The Morgan fingerprint density at radius 2 is 1.84 bits per heavy atom. The van der Waals surface area contributed by atoms with E-state index in [1.807, 2.05) is 29.2 Å². The Bertz CT molecular complexity index is 878. The first-order chi connectivity index (χ1) is 15.1. The normalized spacial score (nSPS) is 19.3. The lowest BCUT2D eigenvalue weighted by atomic mass is 10.1. The lowest BCUT2D eigenvalue weighted by Gasteiger charge is -2.27. The summed E-state index contributed by atoms with van der Waals surface area (Å²) in [6.07, 6.45) is 1.20. The third kappa shape index (κ3) is 5.57. The summed E-state index contributed by atoms with van der Waals surface area (Å²) in [6, 6.07) is 14.4. The van der Waals surface area contributed by atoms with E-state index >= 15 is 0 Å². The van der Waals surface area contributed by atoms with Crippen molar-refractivity contribution in [3.8, 4) is 11.5 Å². The topological polar surface area (TPSA) is 51.2 Å². The zero-order valence-electron chi connectivity index (χ0n) is 18.5. The molecule has 1 saturated heterocycles. The van der Waals surface area contributed by atoms with Crippen LogP contribution in [-0.4, -0.2) is 61.8 Å². The Labute approximate surface area is 184 Å². The molecule has 0 bridgehead atoms. The Balaban J connectivity index is 1.41. The van der Waals surface area contributed by atoms with E-state index < -0.39 is 0 Å². The fourth-order valence-corrected chi connectivity index (χ4v) is 4.17. The van der Waals surface area contributed by atoms with Crippen LogP contribution in [0, 0.1) is 0 Å². The van der Waals surface area contributed by atoms with E-state index in [9.17, 15) is 4.79 Å². The zero-order chi connectivity index (χ0) is 21.6. The van der Waals surface area contributed by atoms with Crippen molar-refractivity contribution in [2.24, 2.45) is 0 Å². The SMILES string of the molecule is COc1ccc(CCC(=O)N2Cc3cc(CN4CCOCC4)ccc3OCC2C)cc1. The molecular weight excluding hydrogens is 392 g/mol. The van der Waals surface area contributed by atoms with Crippen molar-refractivity contribution in [1.29, 1.82) is 0 Å². The molecular formula is C25H32N2O4. The number of fused-ring (bicyclic) bond motifs is 1. The lowest BCUT2D eigenvalue weighted by Crippen LogP contribution is -2.40. The van der Waals surface area contributed by atoms with E-state index in [1.54, 1.807) is 7.11 Å². The summed E-state index contributed by atoms with van der Waals surface area (Å²) in [4.78, 5) is 17.5. The number of hydrogen-bond donors (Lipinski definition) is 0. The molecule has 2 aromatic rings. The molecule has 1 fully saturated rings. The highest BCUT2D eigenvalue weighted by atomic mass is 16.5. The van der Waals surface area contributed by atoms with Crippen LogP contribution in [0.3, 0.4) is 0 Å². The Hall–Kier alpha value is -2.57. The summed E-state index contributed by atoms with van der Waals surface area (Å²) in [6.45, 7) is 7.58. The average molecular weight is 425 g/mol. The molecule has 1 amide bonds. The van der Waals surface area contributed by atoms with Gasteiger partial charge in [0.15, 0.2) is 0 Å². The maximum atomic E-state index is 13.1. The quantitative estimate of drug-likeness (QED) is 0.712. The molecule has 0 aliphatic carbocycles. The predicted molar refractivity (Wildman–Crippen MR) is 119 cm³/mol. The van der Waals surface area contributed by atoms with Crippen LogP contribution in [0.4, 0.5) is 0 Å². The van der Waals surface area contributed by atoms with Crippen LogP contribution in [0.2, 0.25) is 0 Å².